The average Bonchev–Trinajstić information content (AvgIpc) is 1.43. The second-order valence-electron chi connectivity index (χ2n) is 35.0. The van der Waals surface area contributed by atoms with Crippen LogP contribution in [-0.4, -0.2) is 256 Å². The number of ether oxygens (including phenoxy) is 12. The Morgan fingerprint density at radius 2 is 0.806 bits per heavy atom. The number of amides is 2. The van der Waals surface area contributed by atoms with Crippen LogP contribution in [0.3, 0.4) is 0 Å². The predicted octanol–water partition coefficient (Wildman–Crippen LogP) is 11.8. The van der Waals surface area contributed by atoms with Crippen LogP contribution in [0.15, 0.2) is 225 Å². The molecule has 6 aliphatic heterocycles. The van der Waals surface area contributed by atoms with Gasteiger partial charge in [-0.05, 0) is 141 Å². The number of azide groups is 1. The Morgan fingerprint density at radius 1 is 0.514 bits per heavy atom. The minimum absolute atomic E-state index is 0. The van der Waals surface area contributed by atoms with E-state index >= 15 is 0 Å². The molecule has 6 aliphatic rings. The van der Waals surface area contributed by atoms with E-state index in [-0.39, 0.29) is 126 Å². The number of aliphatic hydroxyl groups excluding tert-OH is 3. The van der Waals surface area contributed by atoms with Crippen LogP contribution in [0.4, 0.5) is 0 Å². The summed E-state index contributed by atoms with van der Waals surface area (Å²) in [4.78, 5) is 63.9. The van der Waals surface area contributed by atoms with Crippen molar-refractivity contribution in [2.75, 3.05) is 91.8 Å². The summed E-state index contributed by atoms with van der Waals surface area (Å²) < 4.78 is 87.4. The molecule has 0 aliphatic carbocycles. The molecule has 0 spiro atoms. The average molecular weight is 2060 g/mol. The first-order chi connectivity index (χ1) is 66.2. The second-order valence-corrected chi connectivity index (χ2v) is 38.1. The Labute approximate surface area is 874 Å². The van der Waals surface area contributed by atoms with E-state index < -0.39 is 67.1 Å². The van der Waals surface area contributed by atoms with Gasteiger partial charge in [0.1, 0.15) is 23.3 Å². The van der Waals surface area contributed by atoms with Gasteiger partial charge >= 0.3 is 35.5 Å². The van der Waals surface area contributed by atoms with Gasteiger partial charge in [-0.25, -0.2) is 23.4 Å². The summed E-state index contributed by atoms with van der Waals surface area (Å²) in [5, 5.41) is 51.4. The number of hydrogen-bond donors (Lipinski definition) is 10. The van der Waals surface area contributed by atoms with Gasteiger partial charge in [-0.3, -0.25) is 24.1 Å². The predicted molar refractivity (Wildman–Crippen MR) is 547 cm³/mol. The van der Waals surface area contributed by atoms with Crippen LogP contribution < -0.4 is 51.7 Å². The number of carbonyl (C=O) groups is 4. The Bertz CT molecular complexity index is 4940. The van der Waals surface area contributed by atoms with Gasteiger partial charge in [0.2, 0.25) is 20.9 Å². The van der Waals surface area contributed by atoms with Crippen molar-refractivity contribution in [2.45, 2.75) is 253 Å². The molecule has 0 radical (unpaired) electrons. The maximum Gasteiger partial charge on any atom is 1.00 e. The summed E-state index contributed by atoms with van der Waals surface area (Å²) in [6.07, 6.45) is 14.5. The standard InChI is InChI=1S/C31H33N3O3.C25H22N2O2.C9H15N3O3.C7H14O2.C6H11N3O2.2C6H13NO2.C6H12O3.C2H4O2.CH3ClO2S.3CH4.N3.Na/c1-30(2)36-22-28(37-30)20-32-29(35)19-18-27-21-34(23-33-27)31(24-12-6-3-7-13-24,25-14-8-4-9-15-25)26-16-10-5-11-17-26;28-24(29)17-16-23-18-27(19-26-23)25(20-10-4-1-5-11-20,21-12-6-2-7-13-21)22-14-8-3-9-15-22;13-5-8(14)4-11-9(15)2-1-7-3-10-6-12-7;1-4-6-5-8-7(2,3)9-6;1-6(2)10-4-5(11-6)3-8-9-7;3*1-6(2)8-4-5(3-7)9-6;1-2(3)4;1-5(2,3)4;;;;1-3-2;/h3-17,21,23,28H,18-20,22H2,1-2H3,(H,32,35);1-15,18-19H,16-17H2,(H,28,29);3,6,8,13-14H,1-2,4-5H2,(H,10,12)(H,11,15);6H,4-5H2,1-3H3;5H,3-4H2,1-2H3;2*5H,3-4,7H2,1-2H3;5,7H,3-4H2,1-2H3;1H3,(H,3,4);1H3;3*1H4;;/q;;;;;;;;;;;;;-1;+1. The Hall–Kier alpha value is -9.99. The normalized spacial score (nSPS) is 19.0. The van der Waals surface area contributed by atoms with Crippen molar-refractivity contribution in [1.29, 1.82) is 0 Å². The van der Waals surface area contributed by atoms with Crippen molar-refractivity contribution < 1.29 is 140 Å². The van der Waals surface area contributed by atoms with Crippen LogP contribution in [0.5, 0.6) is 0 Å². The monoisotopic (exact) mass is 2060 g/mol. The van der Waals surface area contributed by atoms with E-state index in [4.69, 9.17) is 120 Å². The first kappa shape index (κ1) is 132. The molecule has 12 N–H and O–H groups in total. The van der Waals surface area contributed by atoms with Gasteiger partial charge in [-0.15, -0.1) is 0 Å². The number of aliphatic hydroxyl groups is 3. The third-order valence-electron chi connectivity index (χ3n) is 20.8. The summed E-state index contributed by atoms with van der Waals surface area (Å²) in [5.41, 5.74) is 40.3. The number of carbonyl (C=O) groups excluding carboxylic acids is 2. The maximum absolute atomic E-state index is 12.6. The fourth-order valence-corrected chi connectivity index (χ4v) is 14.6. The van der Waals surface area contributed by atoms with Crippen molar-refractivity contribution in [2.24, 2.45) is 16.6 Å². The number of hydrogen-bond acceptors (Lipinski definition) is 27. The zero-order valence-corrected chi connectivity index (χ0v) is 87.0. The molecule has 6 aromatic carbocycles. The molecule has 39 nitrogen and oxygen atoms in total. The number of carboxylic acids is 2. The third kappa shape index (κ3) is 48.6. The number of rotatable bonds is 28. The number of nitrogens with one attached hydrogen (secondary N) is 3. The third-order valence-corrected chi connectivity index (χ3v) is 20.8. The van der Waals surface area contributed by atoms with Crippen LogP contribution in [-0.2, 0) is 115 Å². The minimum Gasteiger partial charge on any atom is -0.481 e. The van der Waals surface area contributed by atoms with Crippen LogP contribution in [0.2, 0.25) is 0 Å². The van der Waals surface area contributed by atoms with Gasteiger partial charge in [0.05, 0.1) is 133 Å². The van der Waals surface area contributed by atoms with Crippen LogP contribution in [0, 0.1) is 0 Å². The molecular weight excluding hydrogens is 1910 g/mol. The van der Waals surface area contributed by atoms with Crippen LogP contribution in [0.25, 0.3) is 26.4 Å². The zero-order chi connectivity index (χ0) is 104. The molecule has 42 heteroatoms. The van der Waals surface area contributed by atoms with Gasteiger partial charge in [-0.2, -0.15) is 0 Å². The van der Waals surface area contributed by atoms with Gasteiger partial charge in [0.15, 0.2) is 34.7 Å². The molecule has 2 amide bonds. The van der Waals surface area contributed by atoms with E-state index in [0.29, 0.717) is 97.4 Å². The number of aliphatic carboxylic acids is 2. The van der Waals surface area contributed by atoms with Gasteiger partial charge < -0.3 is 130 Å². The SMILES string of the molecule is C.C.C.CC(=O)O.CC1(C)OCC(CN)O1.CC1(C)OCC(CN)O1.CC1(C)OCC(CN=[N+]=[N-])O1.CC1(C)OCC(CNC(=O)CCc2cn(C(c3ccccc3)(c3ccccc3)c3ccccc3)cn2)O1.CC1(C)OCC(CO)O1.CCC1COC(C)(C)O1.CS(=O)(=O)Cl.O=C(CCc1cnc[nH]1)NCC(O)CO.O=C(O)CCc1cn(C(c2ccccc2)(c2ccccc2)c2ccccc2)cn1.[N-]=[N+]=[N-].[Na+]. The summed E-state index contributed by atoms with van der Waals surface area (Å²) >= 11 is 0. The molecule has 9 heterocycles. The van der Waals surface area contributed by atoms with Crippen molar-refractivity contribution in [3.8, 4) is 0 Å². The first-order valence-corrected chi connectivity index (χ1v) is 48.4. The Balaban J connectivity index is 0.000000858. The smallest absolute Gasteiger partial charge is 0.481 e. The molecule has 3 aromatic heterocycles. The second kappa shape index (κ2) is 66.3. The molecule has 7 unspecified atom stereocenters. The number of benzene rings is 6. The molecule has 0 saturated carbocycles. The van der Waals surface area contributed by atoms with E-state index in [0.717, 1.165) is 76.7 Å². The van der Waals surface area contributed by atoms with E-state index in [1.54, 1.807) is 12.5 Å². The summed E-state index contributed by atoms with van der Waals surface area (Å²) in [5.74, 6) is -4.59. The van der Waals surface area contributed by atoms with Crippen LogP contribution >= 0.6 is 10.7 Å². The van der Waals surface area contributed by atoms with E-state index in [9.17, 15) is 22.8 Å². The molecule has 144 heavy (non-hydrogen) atoms. The first-order valence-electron chi connectivity index (χ1n) is 45.7. The number of nitrogens with zero attached hydrogens (tertiary/aromatic N) is 11. The van der Waals surface area contributed by atoms with E-state index in [2.05, 4.69) is 178 Å². The zero-order valence-electron chi connectivity index (χ0n) is 83.4. The molecular formula is C102H152ClN16NaO23S. The van der Waals surface area contributed by atoms with E-state index in [1.807, 2.05) is 175 Å². The molecule has 7 atom stereocenters. The van der Waals surface area contributed by atoms with Gasteiger partial charge in [0, 0.05) is 92.2 Å². The van der Waals surface area contributed by atoms with Gasteiger partial charge in [0.25, 0.3) is 5.97 Å². The van der Waals surface area contributed by atoms with Crippen LogP contribution in [0.1, 0.15) is 195 Å². The number of nitrogens with two attached hydrogens (primary N) is 2. The van der Waals surface area contributed by atoms with Crippen molar-refractivity contribution in [3.05, 3.63) is 296 Å². The fraction of sp³-hybridized carbons (Fsp3) is 0.520. The Kier molecular flexibility index (Phi) is 60.8. The summed E-state index contributed by atoms with van der Waals surface area (Å²) in [6, 6.07) is 62.4. The van der Waals surface area contributed by atoms with Gasteiger partial charge in [-0.1, -0.05) is 216 Å². The molecule has 792 valence electrons. The molecule has 6 saturated heterocycles. The minimum atomic E-state index is -3.19. The number of carboxylic acid groups (broad SMARTS) is 2. The summed E-state index contributed by atoms with van der Waals surface area (Å²) in [7, 11) is 1.31. The van der Waals surface area contributed by atoms with Crippen molar-refractivity contribution in [1.82, 2.24) is 39.7 Å². The number of halogens is 1. The molecule has 9 aromatic rings. The molecule has 0 bridgehead atoms. The topological polar surface area (TPSA) is 562 Å². The van der Waals surface area contributed by atoms with Crippen molar-refractivity contribution in [3.63, 3.8) is 0 Å². The van der Waals surface area contributed by atoms with E-state index in [1.165, 1.54) is 4.91 Å². The summed E-state index contributed by atoms with van der Waals surface area (Å²) in [6.45, 7) is 30.9. The number of aromatic amines is 1. The number of H-pyrrole nitrogens is 1. The number of aromatic nitrogens is 6. The Morgan fingerprint density at radius 3 is 1.06 bits per heavy atom. The fourth-order valence-electron chi connectivity index (χ4n) is 14.6. The number of imidazole rings is 3. The maximum atomic E-state index is 12.6. The van der Waals surface area contributed by atoms with Crippen molar-refractivity contribution >= 4 is 43.5 Å². The molecule has 6 fully saturated rings. The molecule has 15 rings (SSSR count). The quantitative estimate of drug-likeness (QED) is 0.00544. The largest absolute Gasteiger partial charge is 1.00 e. The number of aryl methyl sites for hydroxylation is 3.